The standard InChI is InChI=1S/2O.Ta.Zr/q2*-2;;+4. The van der Waals surface area contributed by atoms with Gasteiger partial charge in [0.2, 0.25) is 0 Å². The Balaban J connectivity index is 0. The van der Waals surface area contributed by atoms with E-state index in [0.29, 0.717) is 0 Å². The molecule has 0 aromatic carbocycles. The topological polar surface area (TPSA) is 57.0 Å². The molecule has 0 atom stereocenters. The SMILES string of the molecule is [O-2].[O-2].[Ta].[Zr+4]. The van der Waals surface area contributed by atoms with Gasteiger partial charge >= 0.3 is 26.2 Å². The minimum absolute atomic E-state index is 0. The molecule has 0 saturated heterocycles. The fraction of sp³-hybridized carbons (Fsp3) is 0. The number of hydrogen-bond acceptors (Lipinski definition) is 0. The van der Waals surface area contributed by atoms with Crippen LogP contribution in [-0.4, -0.2) is 0 Å². The monoisotopic (exact) mass is 303 g/mol. The zero-order valence-electron chi connectivity index (χ0n) is 1.76. The summed E-state index contributed by atoms with van der Waals surface area (Å²) in [6.07, 6.45) is 0. The van der Waals surface area contributed by atoms with Crippen molar-refractivity contribution in [1.29, 1.82) is 0 Å². The van der Waals surface area contributed by atoms with Crippen LogP contribution in [-0.2, 0) is 59.5 Å². The van der Waals surface area contributed by atoms with Gasteiger partial charge in [-0.1, -0.05) is 0 Å². The Hall–Kier alpha value is 1.54. The zero-order valence-corrected chi connectivity index (χ0v) is 7.44. The minimum Gasteiger partial charge on any atom is -2.00 e. The summed E-state index contributed by atoms with van der Waals surface area (Å²) in [5, 5.41) is 0. The van der Waals surface area contributed by atoms with Crippen molar-refractivity contribution < 1.29 is 59.5 Å². The number of rotatable bonds is 0. The predicted molar refractivity (Wildman–Crippen MR) is 1.37 cm³/mol. The first kappa shape index (κ1) is 48.0. The van der Waals surface area contributed by atoms with Crippen molar-refractivity contribution in [3.63, 3.8) is 0 Å². The van der Waals surface area contributed by atoms with Crippen LogP contribution < -0.4 is 0 Å². The Labute approximate surface area is 59.2 Å². The van der Waals surface area contributed by atoms with E-state index >= 15 is 0 Å². The minimum atomic E-state index is 0. The van der Waals surface area contributed by atoms with Crippen LogP contribution in [0, 0.1) is 0 Å². The Morgan fingerprint density at radius 2 is 0.750 bits per heavy atom. The summed E-state index contributed by atoms with van der Waals surface area (Å²) < 4.78 is 0. The van der Waals surface area contributed by atoms with Gasteiger partial charge in [-0.05, 0) is 0 Å². The summed E-state index contributed by atoms with van der Waals surface area (Å²) in [4.78, 5) is 0. The van der Waals surface area contributed by atoms with E-state index in [0.717, 1.165) is 0 Å². The first-order valence-corrected chi connectivity index (χ1v) is 0. The van der Waals surface area contributed by atoms with Crippen molar-refractivity contribution in [3.05, 3.63) is 0 Å². The molecule has 2 nitrogen and oxygen atoms in total. The van der Waals surface area contributed by atoms with Gasteiger partial charge in [0.15, 0.2) is 0 Å². The molecule has 21 valence electrons. The largest absolute Gasteiger partial charge is 4.00 e. The van der Waals surface area contributed by atoms with Crippen molar-refractivity contribution in [2.24, 2.45) is 0 Å². The first-order chi connectivity index (χ1) is 0. The van der Waals surface area contributed by atoms with E-state index in [1.165, 1.54) is 0 Å². The van der Waals surface area contributed by atoms with E-state index in [1.54, 1.807) is 0 Å². The second kappa shape index (κ2) is 23.9. The number of hydrogen-bond donors (Lipinski definition) is 0. The third-order valence-corrected chi connectivity index (χ3v) is 0. The van der Waals surface area contributed by atoms with E-state index in [4.69, 9.17) is 0 Å². The molecule has 0 amide bonds. The molecule has 0 aromatic rings. The molecule has 4 heavy (non-hydrogen) atoms. The van der Waals surface area contributed by atoms with Crippen LogP contribution in [0.4, 0.5) is 0 Å². The summed E-state index contributed by atoms with van der Waals surface area (Å²) in [7, 11) is 0. The molecule has 0 aliphatic carbocycles. The van der Waals surface area contributed by atoms with Crippen molar-refractivity contribution in [3.8, 4) is 0 Å². The predicted octanol–water partition coefficient (Wildman–Crippen LogP) is -0.243. The molecule has 0 N–H and O–H groups in total. The van der Waals surface area contributed by atoms with E-state index < -0.39 is 0 Å². The van der Waals surface area contributed by atoms with Crippen molar-refractivity contribution >= 4 is 0 Å². The Morgan fingerprint density at radius 1 is 0.750 bits per heavy atom. The van der Waals surface area contributed by atoms with Crippen LogP contribution in [0.3, 0.4) is 0 Å². The van der Waals surface area contributed by atoms with Crippen LogP contribution in [0.1, 0.15) is 0 Å². The van der Waals surface area contributed by atoms with E-state index in [-0.39, 0.29) is 59.5 Å². The summed E-state index contributed by atoms with van der Waals surface area (Å²) in [5.41, 5.74) is 0. The quantitative estimate of drug-likeness (QED) is 0.593. The molecule has 0 aliphatic rings. The molecule has 0 heterocycles. The fourth-order valence-electron chi connectivity index (χ4n) is 0. The molecule has 0 aromatic heterocycles. The van der Waals surface area contributed by atoms with Gasteiger partial charge in [-0.2, -0.15) is 0 Å². The molecule has 0 rings (SSSR count). The molecule has 0 unspecified atom stereocenters. The normalized spacial score (nSPS) is 0. The second-order valence-corrected chi connectivity index (χ2v) is 0. The molecule has 0 bridgehead atoms. The van der Waals surface area contributed by atoms with Gasteiger partial charge < -0.3 is 11.0 Å². The molecule has 4 heteroatoms. The molecule has 1 radical (unpaired) electrons. The van der Waals surface area contributed by atoms with Crippen LogP contribution in [0.2, 0.25) is 0 Å². The molecule has 0 fully saturated rings. The van der Waals surface area contributed by atoms with Gasteiger partial charge in [-0.25, -0.2) is 0 Å². The summed E-state index contributed by atoms with van der Waals surface area (Å²) in [5.74, 6) is 0. The average molecular weight is 304 g/mol. The third-order valence-electron chi connectivity index (χ3n) is 0. The van der Waals surface area contributed by atoms with Crippen molar-refractivity contribution in [2.75, 3.05) is 0 Å². The van der Waals surface area contributed by atoms with E-state index in [2.05, 4.69) is 0 Å². The maximum absolute atomic E-state index is 0. The molecule has 0 spiro atoms. The smallest absolute Gasteiger partial charge is 2.00 e. The van der Waals surface area contributed by atoms with Crippen molar-refractivity contribution in [1.82, 2.24) is 0 Å². The van der Waals surface area contributed by atoms with Crippen LogP contribution >= 0.6 is 0 Å². The molecule has 0 saturated carbocycles. The molecular formula is O2TaZr. The van der Waals surface area contributed by atoms with Gasteiger partial charge in [0.1, 0.15) is 0 Å². The molecular weight excluding hydrogens is 304 g/mol. The Kier molecular flexibility index (Phi) is 288. The van der Waals surface area contributed by atoms with Gasteiger partial charge in [-0.3, -0.25) is 0 Å². The van der Waals surface area contributed by atoms with Gasteiger partial charge in [0.25, 0.3) is 0 Å². The van der Waals surface area contributed by atoms with E-state index in [1.807, 2.05) is 0 Å². The third kappa shape index (κ3) is 9.62. The van der Waals surface area contributed by atoms with E-state index in [9.17, 15) is 0 Å². The van der Waals surface area contributed by atoms with Gasteiger partial charge in [0, 0.05) is 22.4 Å². The van der Waals surface area contributed by atoms with Gasteiger partial charge in [-0.15, -0.1) is 0 Å². The first-order valence-electron chi connectivity index (χ1n) is 0. The van der Waals surface area contributed by atoms with Crippen LogP contribution in [0.15, 0.2) is 0 Å². The average Bonchev–Trinajstić information content (AvgIpc) is 0. The maximum Gasteiger partial charge on any atom is 4.00 e. The Morgan fingerprint density at radius 3 is 0.750 bits per heavy atom. The molecule has 0 aliphatic heterocycles. The van der Waals surface area contributed by atoms with Crippen LogP contribution in [0.5, 0.6) is 0 Å². The Bertz CT molecular complexity index is 6.00. The van der Waals surface area contributed by atoms with Crippen molar-refractivity contribution in [2.45, 2.75) is 0 Å². The van der Waals surface area contributed by atoms with Gasteiger partial charge in [0.05, 0.1) is 0 Å². The van der Waals surface area contributed by atoms with Crippen LogP contribution in [0.25, 0.3) is 0 Å². The second-order valence-electron chi connectivity index (χ2n) is 0. The summed E-state index contributed by atoms with van der Waals surface area (Å²) in [6.45, 7) is 0. The maximum atomic E-state index is 0. The fourth-order valence-corrected chi connectivity index (χ4v) is 0. The summed E-state index contributed by atoms with van der Waals surface area (Å²) in [6, 6.07) is 0. The zero-order chi connectivity index (χ0) is 0. The summed E-state index contributed by atoms with van der Waals surface area (Å²) >= 11 is 0.